The number of thiazole rings is 1. The fourth-order valence-corrected chi connectivity index (χ4v) is 4.53. The average molecular weight is 413 g/mol. The number of nitrogens with zero attached hydrogens (tertiary/aromatic N) is 4. The third-order valence-electron chi connectivity index (χ3n) is 5.34. The van der Waals surface area contributed by atoms with Crippen LogP contribution in [0.25, 0.3) is 10.2 Å². The fraction of sp³-hybridized carbons (Fsp3) is 0.364. The Hall–Kier alpha value is -2.51. The predicted octanol–water partition coefficient (Wildman–Crippen LogP) is 3.26. The van der Waals surface area contributed by atoms with Gasteiger partial charge in [0, 0.05) is 39.8 Å². The van der Waals surface area contributed by atoms with Gasteiger partial charge in [0.05, 0.1) is 11.2 Å². The van der Waals surface area contributed by atoms with Crippen LogP contribution in [0.1, 0.15) is 5.56 Å². The predicted molar refractivity (Wildman–Crippen MR) is 116 cm³/mol. The van der Waals surface area contributed by atoms with E-state index in [1.165, 1.54) is 23.0 Å². The van der Waals surface area contributed by atoms with E-state index >= 15 is 0 Å². The number of rotatable bonds is 6. The molecular formula is C22H25FN4OS. The first-order chi connectivity index (χ1) is 14.1. The zero-order valence-corrected chi connectivity index (χ0v) is 17.4. The van der Waals surface area contributed by atoms with Gasteiger partial charge in [-0.1, -0.05) is 47.7 Å². The van der Waals surface area contributed by atoms with Gasteiger partial charge in [0.15, 0.2) is 5.13 Å². The van der Waals surface area contributed by atoms with E-state index in [2.05, 4.69) is 34.1 Å². The van der Waals surface area contributed by atoms with Crippen molar-refractivity contribution in [2.45, 2.75) is 6.42 Å². The number of hydrogen-bond acceptors (Lipinski definition) is 5. The molecule has 1 amide bonds. The van der Waals surface area contributed by atoms with Crippen molar-refractivity contribution >= 4 is 32.6 Å². The van der Waals surface area contributed by atoms with E-state index in [0.29, 0.717) is 10.6 Å². The van der Waals surface area contributed by atoms with Crippen molar-refractivity contribution in [2.75, 3.05) is 51.2 Å². The minimum atomic E-state index is -0.323. The van der Waals surface area contributed by atoms with Crippen LogP contribution in [0.2, 0.25) is 0 Å². The van der Waals surface area contributed by atoms with E-state index in [-0.39, 0.29) is 18.3 Å². The zero-order valence-electron chi connectivity index (χ0n) is 16.6. The molecule has 0 saturated carbocycles. The Morgan fingerprint density at radius 2 is 1.86 bits per heavy atom. The summed E-state index contributed by atoms with van der Waals surface area (Å²) >= 11 is 1.41. The first-order valence-electron chi connectivity index (χ1n) is 9.90. The number of likely N-dealkylation sites (N-methyl/N-ethyl adjacent to an activating group) is 1. The van der Waals surface area contributed by atoms with Gasteiger partial charge >= 0.3 is 0 Å². The van der Waals surface area contributed by atoms with E-state index in [1.54, 1.807) is 6.07 Å². The maximum Gasteiger partial charge on any atom is 0.242 e. The molecule has 1 aromatic heterocycles. The summed E-state index contributed by atoms with van der Waals surface area (Å²) in [4.78, 5) is 23.2. The Morgan fingerprint density at radius 1 is 1.10 bits per heavy atom. The smallest absolute Gasteiger partial charge is 0.242 e. The lowest BCUT2D eigenvalue weighted by atomic mass is 10.1. The number of carbonyl (C=O) groups is 1. The summed E-state index contributed by atoms with van der Waals surface area (Å²) in [6.07, 6.45) is 1.03. The largest absolute Gasteiger partial charge is 0.342 e. The van der Waals surface area contributed by atoms with Crippen molar-refractivity contribution in [3.63, 3.8) is 0 Å². The summed E-state index contributed by atoms with van der Waals surface area (Å²) in [5.74, 6) is -0.230. The molecule has 1 aliphatic heterocycles. The number of amides is 1. The van der Waals surface area contributed by atoms with Crippen LogP contribution < -0.4 is 4.90 Å². The highest BCUT2D eigenvalue weighted by atomic mass is 32.1. The molecule has 2 heterocycles. The summed E-state index contributed by atoms with van der Waals surface area (Å²) in [6.45, 7) is 4.56. The second kappa shape index (κ2) is 8.88. The highest BCUT2D eigenvalue weighted by Crippen LogP contribution is 2.29. The number of halogens is 1. The Kier molecular flexibility index (Phi) is 6.06. The lowest BCUT2D eigenvalue weighted by Crippen LogP contribution is -2.51. The summed E-state index contributed by atoms with van der Waals surface area (Å²) in [5, 5.41) is 0.667. The van der Waals surface area contributed by atoms with Gasteiger partial charge in [-0.2, -0.15) is 0 Å². The van der Waals surface area contributed by atoms with E-state index in [9.17, 15) is 9.18 Å². The number of benzene rings is 2. The van der Waals surface area contributed by atoms with Crippen molar-refractivity contribution in [1.29, 1.82) is 0 Å². The van der Waals surface area contributed by atoms with Gasteiger partial charge in [-0.15, -0.1) is 0 Å². The molecule has 0 radical (unpaired) electrons. The highest BCUT2D eigenvalue weighted by Gasteiger charge is 2.23. The Morgan fingerprint density at radius 3 is 2.59 bits per heavy atom. The van der Waals surface area contributed by atoms with Gasteiger partial charge < -0.3 is 9.80 Å². The van der Waals surface area contributed by atoms with Crippen molar-refractivity contribution < 1.29 is 9.18 Å². The van der Waals surface area contributed by atoms with Crippen molar-refractivity contribution in [2.24, 2.45) is 0 Å². The Bertz CT molecular complexity index is 969. The van der Waals surface area contributed by atoms with Gasteiger partial charge in [0.2, 0.25) is 5.91 Å². The maximum absolute atomic E-state index is 13.9. The van der Waals surface area contributed by atoms with Crippen LogP contribution in [0.15, 0.2) is 48.5 Å². The normalized spacial score (nSPS) is 15.0. The molecule has 0 N–H and O–H groups in total. The molecule has 1 aliphatic rings. The van der Waals surface area contributed by atoms with E-state index < -0.39 is 0 Å². The van der Waals surface area contributed by atoms with Gasteiger partial charge in [-0.05, 0) is 24.1 Å². The first-order valence-corrected chi connectivity index (χ1v) is 10.7. The molecule has 152 valence electrons. The summed E-state index contributed by atoms with van der Waals surface area (Å²) in [7, 11) is 1.84. The molecule has 0 aliphatic carbocycles. The van der Waals surface area contributed by atoms with E-state index in [4.69, 9.17) is 0 Å². The maximum atomic E-state index is 13.9. The molecule has 4 rings (SSSR count). The van der Waals surface area contributed by atoms with Crippen LogP contribution in [0.5, 0.6) is 0 Å². The molecular weight excluding hydrogens is 387 g/mol. The summed E-state index contributed by atoms with van der Waals surface area (Å²) in [6, 6.07) is 15.4. The Balaban J connectivity index is 1.27. The summed E-state index contributed by atoms with van der Waals surface area (Å²) < 4.78 is 14.7. The molecule has 0 atom stereocenters. The molecule has 0 unspecified atom stereocenters. The van der Waals surface area contributed by atoms with Crippen LogP contribution in [0.3, 0.4) is 0 Å². The molecule has 1 saturated heterocycles. The van der Waals surface area contributed by atoms with E-state index in [0.717, 1.165) is 43.8 Å². The van der Waals surface area contributed by atoms with Gasteiger partial charge in [-0.3, -0.25) is 9.69 Å². The summed E-state index contributed by atoms with van der Waals surface area (Å²) in [5.41, 5.74) is 1.72. The van der Waals surface area contributed by atoms with Gasteiger partial charge in [0.1, 0.15) is 11.3 Å². The molecule has 1 fully saturated rings. The highest BCUT2D eigenvalue weighted by molar-refractivity contribution is 7.22. The monoisotopic (exact) mass is 412 g/mol. The number of carbonyl (C=O) groups excluding carboxylic acids is 1. The zero-order chi connectivity index (χ0) is 20.2. The number of aromatic nitrogens is 1. The number of para-hydroxylation sites is 1. The molecule has 3 aromatic rings. The van der Waals surface area contributed by atoms with Crippen LogP contribution in [0.4, 0.5) is 9.52 Å². The average Bonchev–Trinajstić information content (AvgIpc) is 3.19. The minimum absolute atomic E-state index is 0.0925. The molecule has 5 nitrogen and oxygen atoms in total. The third kappa shape index (κ3) is 4.74. The molecule has 7 heteroatoms. The van der Waals surface area contributed by atoms with Crippen LogP contribution >= 0.6 is 11.3 Å². The van der Waals surface area contributed by atoms with Crippen molar-refractivity contribution in [3.8, 4) is 0 Å². The fourth-order valence-electron chi connectivity index (χ4n) is 3.59. The number of fused-ring (bicyclic) bond motifs is 1. The topological polar surface area (TPSA) is 39.7 Å². The lowest BCUT2D eigenvalue weighted by Gasteiger charge is -2.35. The first kappa shape index (κ1) is 19.8. The second-order valence-corrected chi connectivity index (χ2v) is 8.41. The molecule has 0 spiro atoms. The number of anilines is 1. The minimum Gasteiger partial charge on any atom is -0.342 e. The Labute approximate surface area is 174 Å². The molecule has 2 aromatic carbocycles. The molecule has 0 bridgehead atoms. The SMILES string of the molecule is CN(CC(=O)N1CCN(CCc2ccccc2)CC1)c1nc2c(F)cccc2s1. The van der Waals surface area contributed by atoms with Crippen LogP contribution in [-0.4, -0.2) is 67.0 Å². The van der Waals surface area contributed by atoms with E-state index in [1.807, 2.05) is 29.0 Å². The van der Waals surface area contributed by atoms with Crippen molar-refractivity contribution in [3.05, 3.63) is 59.9 Å². The quantitative estimate of drug-likeness (QED) is 0.623. The second-order valence-electron chi connectivity index (χ2n) is 7.40. The molecule has 29 heavy (non-hydrogen) atoms. The van der Waals surface area contributed by atoms with Gasteiger partial charge in [0.25, 0.3) is 0 Å². The van der Waals surface area contributed by atoms with Crippen LogP contribution in [-0.2, 0) is 11.2 Å². The third-order valence-corrected chi connectivity index (χ3v) is 6.48. The van der Waals surface area contributed by atoms with Crippen LogP contribution in [0, 0.1) is 5.82 Å². The standard InChI is InChI=1S/C22H25FN4OS/c1-25(22-24-21-18(23)8-5-9-19(21)29-22)16-20(28)27-14-12-26(13-15-27)11-10-17-6-3-2-4-7-17/h2-9H,10-16H2,1H3. The van der Waals surface area contributed by atoms with Crippen molar-refractivity contribution in [1.82, 2.24) is 14.8 Å². The lowest BCUT2D eigenvalue weighted by molar-refractivity contribution is -0.131. The number of hydrogen-bond donors (Lipinski definition) is 0. The van der Waals surface area contributed by atoms with Gasteiger partial charge in [-0.25, -0.2) is 9.37 Å². The number of piperazine rings is 1.